The average molecular weight is 524 g/mol. The quantitative estimate of drug-likeness (QED) is 0.476. The number of piperidine rings is 1. The van der Waals surface area contributed by atoms with Crippen molar-refractivity contribution in [3.8, 4) is 0 Å². The van der Waals surface area contributed by atoms with Crippen LogP contribution in [0, 0.1) is 5.82 Å². The molecule has 5 rings (SSSR count). The van der Waals surface area contributed by atoms with Gasteiger partial charge in [-0.1, -0.05) is 11.6 Å². The molecule has 1 saturated heterocycles. The molecule has 1 spiro atoms. The molecule has 2 aliphatic heterocycles. The molecule has 1 atom stereocenters. The zero-order valence-corrected chi connectivity index (χ0v) is 19.2. The number of amides is 2. The number of nitrogens with one attached hydrogen (secondary N) is 2. The fourth-order valence-corrected chi connectivity index (χ4v) is 4.77. The van der Waals surface area contributed by atoms with E-state index in [2.05, 4.69) is 20.3 Å². The molecular weight excluding hydrogens is 506 g/mol. The van der Waals surface area contributed by atoms with Gasteiger partial charge < -0.3 is 14.6 Å². The number of carbonyl (C=O) groups is 2. The lowest BCUT2D eigenvalue weighted by Crippen LogP contribution is -2.53. The van der Waals surface area contributed by atoms with Crippen molar-refractivity contribution in [3.63, 3.8) is 0 Å². The van der Waals surface area contributed by atoms with Gasteiger partial charge in [-0.2, -0.15) is 13.2 Å². The smallest absolute Gasteiger partial charge is 0.433 e. The molecule has 0 saturated carbocycles. The van der Waals surface area contributed by atoms with Gasteiger partial charge in [-0.05, 0) is 42.7 Å². The summed E-state index contributed by atoms with van der Waals surface area (Å²) in [7, 11) is 0. The van der Waals surface area contributed by atoms with Gasteiger partial charge in [0.15, 0.2) is 17.2 Å². The van der Waals surface area contributed by atoms with Crippen molar-refractivity contribution >= 4 is 29.3 Å². The Morgan fingerprint density at radius 2 is 2.06 bits per heavy atom. The van der Waals surface area contributed by atoms with Crippen LogP contribution in [0.1, 0.15) is 46.0 Å². The van der Waals surface area contributed by atoms with Gasteiger partial charge in [-0.25, -0.2) is 14.2 Å². The summed E-state index contributed by atoms with van der Waals surface area (Å²) in [6, 6.07) is 5.17. The van der Waals surface area contributed by atoms with Gasteiger partial charge in [0.05, 0.1) is 22.8 Å². The SMILES string of the molecule is O=C1Nc2ccc(Cl)c(F)c2[C@@]2(CCCN(C(=O)c3ncc(Cc4ccnc(C(F)(F)F)c4)[nH]3)C2)O1. The molecule has 188 valence electrons. The van der Waals surface area contributed by atoms with Crippen LogP contribution in [0.5, 0.6) is 0 Å². The fraction of sp³-hybridized carbons (Fsp3) is 0.304. The van der Waals surface area contributed by atoms with E-state index in [1.54, 1.807) is 0 Å². The van der Waals surface area contributed by atoms with Crippen molar-refractivity contribution in [2.75, 3.05) is 18.4 Å². The Bertz CT molecular complexity index is 1360. The number of rotatable bonds is 3. The van der Waals surface area contributed by atoms with Crippen LogP contribution in [-0.4, -0.2) is 44.9 Å². The Morgan fingerprint density at radius 1 is 1.25 bits per heavy atom. The summed E-state index contributed by atoms with van der Waals surface area (Å²) in [6.45, 7) is 0.178. The number of fused-ring (bicyclic) bond motifs is 2. The second kappa shape index (κ2) is 8.77. The summed E-state index contributed by atoms with van der Waals surface area (Å²) in [5.74, 6) is -1.30. The van der Waals surface area contributed by atoms with Crippen molar-refractivity contribution in [1.82, 2.24) is 19.9 Å². The molecule has 1 fully saturated rings. The lowest BCUT2D eigenvalue weighted by atomic mass is 9.83. The lowest BCUT2D eigenvalue weighted by molar-refractivity contribution is -0.141. The Balaban J connectivity index is 1.37. The first kappa shape index (κ1) is 24.0. The van der Waals surface area contributed by atoms with Crippen molar-refractivity contribution in [3.05, 3.63) is 75.8 Å². The maximum Gasteiger partial charge on any atom is 0.433 e. The van der Waals surface area contributed by atoms with Gasteiger partial charge in [0.1, 0.15) is 5.69 Å². The number of pyridine rings is 1. The van der Waals surface area contributed by atoms with Crippen LogP contribution in [0.2, 0.25) is 5.02 Å². The van der Waals surface area contributed by atoms with Crippen LogP contribution in [0.15, 0.2) is 36.7 Å². The number of benzene rings is 1. The molecule has 8 nitrogen and oxygen atoms in total. The molecule has 2 amide bonds. The van der Waals surface area contributed by atoms with Crippen LogP contribution in [-0.2, 0) is 22.9 Å². The number of aromatic nitrogens is 3. The summed E-state index contributed by atoms with van der Waals surface area (Å²) >= 11 is 5.98. The number of imidazole rings is 1. The molecule has 0 bridgehead atoms. The molecule has 3 aromatic rings. The van der Waals surface area contributed by atoms with Crippen molar-refractivity contribution in [2.45, 2.75) is 31.0 Å². The Kier molecular flexibility index (Phi) is 5.86. The van der Waals surface area contributed by atoms with Gasteiger partial charge in [0, 0.05) is 31.1 Å². The van der Waals surface area contributed by atoms with Crippen LogP contribution in [0.4, 0.5) is 28.0 Å². The van der Waals surface area contributed by atoms with E-state index >= 15 is 4.39 Å². The highest BCUT2D eigenvalue weighted by Crippen LogP contribution is 2.45. The average Bonchev–Trinajstić information content (AvgIpc) is 3.29. The standard InChI is InChI=1S/C23H18ClF4N5O3/c24-14-2-3-15-17(18(14)25)22(36-21(35)32-15)5-1-7-33(11-22)20(34)19-30-10-13(31-19)8-12-4-6-29-16(9-12)23(26,27)28/h2-4,6,9-10H,1,5,7-8,11H2,(H,30,31)(H,32,35)/t22-/m0/s1. The topological polar surface area (TPSA) is 100 Å². The number of halogens is 5. The Morgan fingerprint density at radius 3 is 2.83 bits per heavy atom. The monoisotopic (exact) mass is 523 g/mol. The number of carbonyl (C=O) groups excluding carboxylic acids is 2. The number of aromatic amines is 1. The van der Waals surface area contributed by atoms with E-state index in [9.17, 15) is 22.8 Å². The largest absolute Gasteiger partial charge is 0.436 e. The van der Waals surface area contributed by atoms with E-state index < -0.39 is 35.3 Å². The molecule has 2 aromatic heterocycles. The number of ether oxygens (including phenoxy) is 1. The van der Waals surface area contributed by atoms with Crippen LogP contribution >= 0.6 is 11.6 Å². The van der Waals surface area contributed by atoms with Crippen LogP contribution in [0.25, 0.3) is 0 Å². The summed E-state index contributed by atoms with van der Waals surface area (Å²) in [5, 5.41) is 2.32. The van der Waals surface area contributed by atoms with E-state index in [0.29, 0.717) is 24.2 Å². The molecule has 2 aliphatic rings. The molecule has 4 heterocycles. The highest BCUT2D eigenvalue weighted by atomic mass is 35.5. The second-order valence-electron chi connectivity index (χ2n) is 8.60. The lowest BCUT2D eigenvalue weighted by Gasteiger charge is -2.44. The minimum absolute atomic E-state index is 0.0424. The zero-order valence-electron chi connectivity index (χ0n) is 18.5. The molecule has 36 heavy (non-hydrogen) atoms. The number of H-pyrrole nitrogens is 1. The molecule has 2 N–H and O–H groups in total. The summed E-state index contributed by atoms with van der Waals surface area (Å²) < 4.78 is 59.4. The van der Waals surface area contributed by atoms with Crippen LogP contribution in [0.3, 0.4) is 0 Å². The van der Waals surface area contributed by atoms with Gasteiger partial charge in [-0.3, -0.25) is 15.1 Å². The molecule has 1 aromatic carbocycles. The summed E-state index contributed by atoms with van der Waals surface area (Å²) in [6.07, 6.45) is -2.16. The first-order valence-corrected chi connectivity index (χ1v) is 11.3. The minimum Gasteiger partial charge on any atom is -0.436 e. The first-order chi connectivity index (χ1) is 17.1. The molecule has 0 aliphatic carbocycles. The first-order valence-electron chi connectivity index (χ1n) is 10.9. The fourth-order valence-electron chi connectivity index (χ4n) is 4.61. The third-order valence-corrected chi connectivity index (χ3v) is 6.45. The maximum absolute atomic E-state index is 15.0. The number of nitrogens with zero attached hydrogens (tertiary/aromatic N) is 3. The van der Waals surface area contributed by atoms with E-state index in [0.717, 1.165) is 12.3 Å². The van der Waals surface area contributed by atoms with Crippen LogP contribution < -0.4 is 5.32 Å². The summed E-state index contributed by atoms with van der Waals surface area (Å²) in [5.41, 5.74) is -1.40. The summed E-state index contributed by atoms with van der Waals surface area (Å²) in [4.78, 5) is 37.1. The maximum atomic E-state index is 15.0. The normalized spacial score (nSPS) is 19.6. The number of likely N-dealkylation sites (tertiary alicyclic amines) is 1. The molecular formula is C23H18ClF4N5O3. The highest BCUT2D eigenvalue weighted by molar-refractivity contribution is 6.31. The molecule has 0 radical (unpaired) electrons. The van der Waals surface area contributed by atoms with E-state index in [-0.39, 0.29) is 41.5 Å². The Hall–Kier alpha value is -3.67. The Labute approximate surface area is 206 Å². The van der Waals surface area contributed by atoms with Crippen molar-refractivity contribution in [1.29, 1.82) is 0 Å². The van der Waals surface area contributed by atoms with Gasteiger partial charge in [0.2, 0.25) is 0 Å². The number of hydrogen-bond donors (Lipinski definition) is 2. The van der Waals surface area contributed by atoms with E-state index in [1.165, 1.54) is 29.3 Å². The third-order valence-electron chi connectivity index (χ3n) is 6.16. The molecule has 0 unspecified atom stereocenters. The third kappa shape index (κ3) is 4.36. The predicted molar refractivity (Wildman–Crippen MR) is 119 cm³/mol. The zero-order chi connectivity index (χ0) is 25.7. The van der Waals surface area contributed by atoms with Crippen molar-refractivity contribution < 1.29 is 31.9 Å². The minimum atomic E-state index is -4.57. The second-order valence-corrected chi connectivity index (χ2v) is 9.01. The van der Waals surface area contributed by atoms with Gasteiger partial charge in [0.25, 0.3) is 5.91 Å². The number of hydrogen-bond acceptors (Lipinski definition) is 5. The van der Waals surface area contributed by atoms with E-state index in [1.807, 2.05) is 0 Å². The van der Waals surface area contributed by atoms with Gasteiger partial charge >= 0.3 is 12.3 Å². The van der Waals surface area contributed by atoms with Crippen molar-refractivity contribution in [2.24, 2.45) is 0 Å². The highest BCUT2D eigenvalue weighted by Gasteiger charge is 2.48. The predicted octanol–water partition coefficient (Wildman–Crippen LogP) is 4.90. The molecule has 13 heteroatoms. The number of anilines is 1. The van der Waals surface area contributed by atoms with E-state index in [4.69, 9.17) is 16.3 Å². The number of alkyl halides is 3. The van der Waals surface area contributed by atoms with Gasteiger partial charge in [-0.15, -0.1) is 0 Å².